The number of ether oxygens (including phenoxy) is 1. The molecule has 1 aliphatic rings. The van der Waals surface area contributed by atoms with Crippen molar-refractivity contribution in [1.82, 2.24) is 15.5 Å². The number of carbonyl (C=O) groups excluding carboxylic acids is 4. The van der Waals surface area contributed by atoms with Crippen LogP contribution in [0.3, 0.4) is 0 Å². The standard InChI is InChI=1S/C22H23N3O5/c1-14(2)25-20(27)17-9-8-16(12-18(17)21(25)28)19(26)23-10-11-24-22(29)30-13-15-6-4-3-5-7-15/h3-9,12,14H,10-11,13H2,1-2H3,(H,23,26)(H,24,29). The van der Waals surface area contributed by atoms with E-state index in [1.165, 1.54) is 23.1 Å². The molecule has 8 heteroatoms. The Labute approximate surface area is 174 Å². The highest BCUT2D eigenvalue weighted by atomic mass is 16.5. The molecule has 0 spiro atoms. The minimum atomic E-state index is -0.580. The number of rotatable bonds is 7. The van der Waals surface area contributed by atoms with Crippen LogP contribution < -0.4 is 10.6 Å². The third-order valence-electron chi connectivity index (χ3n) is 4.59. The summed E-state index contributed by atoms with van der Waals surface area (Å²) >= 11 is 0. The molecule has 0 aromatic heterocycles. The van der Waals surface area contributed by atoms with Gasteiger partial charge in [-0.25, -0.2) is 4.79 Å². The summed E-state index contributed by atoms with van der Waals surface area (Å²) in [5.74, 6) is -1.15. The molecule has 0 unspecified atom stereocenters. The van der Waals surface area contributed by atoms with Gasteiger partial charge in [0.05, 0.1) is 11.1 Å². The zero-order valence-corrected chi connectivity index (χ0v) is 16.8. The number of hydrogen-bond donors (Lipinski definition) is 2. The number of nitrogens with zero attached hydrogens (tertiary/aromatic N) is 1. The minimum absolute atomic E-state index is 0.161. The van der Waals surface area contributed by atoms with Gasteiger partial charge in [0, 0.05) is 24.7 Å². The van der Waals surface area contributed by atoms with Crippen LogP contribution in [0.5, 0.6) is 0 Å². The Morgan fingerprint density at radius 2 is 1.60 bits per heavy atom. The molecule has 0 saturated heterocycles. The van der Waals surface area contributed by atoms with Crippen molar-refractivity contribution in [1.29, 1.82) is 0 Å². The van der Waals surface area contributed by atoms with Crippen molar-refractivity contribution in [2.24, 2.45) is 0 Å². The largest absolute Gasteiger partial charge is 0.445 e. The van der Waals surface area contributed by atoms with Crippen LogP contribution in [0.25, 0.3) is 0 Å². The van der Waals surface area contributed by atoms with Gasteiger partial charge in [0.25, 0.3) is 17.7 Å². The van der Waals surface area contributed by atoms with E-state index in [2.05, 4.69) is 10.6 Å². The Balaban J connectivity index is 1.46. The van der Waals surface area contributed by atoms with E-state index in [9.17, 15) is 19.2 Å². The van der Waals surface area contributed by atoms with Crippen LogP contribution in [0, 0.1) is 0 Å². The molecule has 156 valence electrons. The van der Waals surface area contributed by atoms with E-state index in [0.717, 1.165) is 5.56 Å². The average Bonchev–Trinajstić information content (AvgIpc) is 3.00. The van der Waals surface area contributed by atoms with E-state index in [1.807, 2.05) is 30.3 Å². The van der Waals surface area contributed by atoms with Crippen LogP contribution in [0.1, 0.15) is 50.5 Å². The molecule has 30 heavy (non-hydrogen) atoms. The van der Waals surface area contributed by atoms with Crippen molar-refractivity contribution in [2.45, 2.75) is 26.5 Å². The van der Waals surface area contributed by atoms with Gasteiger partial charge in [-0.2, -0.15) is 0 Å². The van der Waals surface area contributed by atoms with Gasteiger partial charge in [0.15, 0.2) is 0 Å². The molecule has 0 fully saturated rings. The van der Waals surface area contributed by atoms with Crippen LogP contribution in [0.15, 0.2) is 48.5 Å². The number of carbonyl (C=O) groups is 4. The molecule has 3 rings (SSSR count). The van der Waals surface area contributed by atoms with E-state index in [1.54, 1.807) is 13.8 Å². The van der Waals surface area contributed by atoms with Crippen molar-refractivity contribution in [3.05, 3.63) is 70.8 Å². The van der Waals surface area contributed by atoms with Gasteiger partial charge in [0.2, 0.25) is 0 Å². The number of nitrogens with one attached hydrogen (secondary N) is 2. The highest BCUT2D eigenvalue weighted by Crippen LogP contribution is 2.25. The lowest BCUT2D eigenvalue weighted by molar-refractivity contribution is 0.0608. The van der Waals surface area contributed by atoms with Gasteiger partial charge in [-0.15, -0.1) is 0 Å². The Hall–Kier alpha value is -3.68. The number of amides is 4. The van der Waals surface area contributed by atoms with Crippen LogP contribution in [-0.4, -0.2) is 47.8 Å². The SMILES string of the molecule is CC(C)N1C(=O)c2ccc(C(=O)NCCNC(=O)OCc3ccccc3)cc2C1=O. The quantitative estimate of drug-likeness (QED) is 0.540. The highest BCUT2D eigenvalue weighted by molar-refractivity contribution is 6.22. The van der Waals surface area contributed by atoms with Gasteiger partial charge in [0.1, 0.15) is 6.61 Å². The number of hydrogen-bond acceptors (Lipinski definition) is 5. The molecule has 0 bridgehead atoms. The number of alkyl carbamates (subject to hydrolysis) is 1. The maximum Gasteiger partial charge on any atom is 0.407 e. The molecule has 0 radical (unpaired) electrons. The highest BCUT2D eigenvalue weighted by Gasteiger charge is 2.37. The molecule has 1 heterocycles. The topological polar surface area (TPSA) is 105 Å². The molecular weight excluding hydrogens is 386 g/mol. The zero-order valence-electron chi connectivity index (χ0n) is 16.8. The zero-order chi connectivity index (χ0) is 21.7. The molecule has 0 aliphatic carbocycles. The maximum atomic E-state index is 12.4. The first kappa shape index (κ1) is 21.0. The van der Waals surface area contributed by atoms with Crippen LogP contribution in [-0.2, 0) is 11.3 Å². The normalized spacial score (nSPS) is 12.7. The lowest BCUT2D eigenvalue weighted by Gasteiger charge is -2.17. The van der Waals surface area contributed by atoms with E-state index >= 15 is 0 Å². The fourth-order valence-corrected chi connectivity index (χ4v) is 3.09. The summed E-state index contributed by atoms with van der Waals surface area (Å²) < 4.78 is 5.08. The lowest BCUT2D eigenvalue weighted by Crippen LogP contribution is -2.36. The summed E-state index contributed by atoms with van der Waals surface area (Å²) in [7, 11) is 0. The second-order valence-electron chi connectivity index (χ2n) is 7.08. The number of fused-ring (bicyclic) bond motifs is 1. The third-order valence-corrected chi connectivity index (χ3v) is 4.59. The molecule has 2 N–H and O–H groups in total. The maximum absolute atomic E-state index is 12.4. The van der Waals surface area contributed by atoms with Crippen LogP contribution in [0.4, 0.5) is 4.79 Å². The van der Waals surface area contributed by atoms with E-state index < -0.39 is 17.9 Å². The smallest absolute Gasteiger partial charge is 0.407 e. The molecule has 2 aromatic carbocycles. The molecular formula is C22H23N3O5. The third kappa shape index (κ3) is 4.65. The van der Waals surface area contributed by atoms with Crippen molar-refractivity contribution >= 4 is 23.8 Å². The summed E-state index contributed by atoms with van der Waals surface area (Å²) in [6, 6.07) is 13.4. The lowest BCUT2D eigenvalue weighted by atomic mass is 10.1. The molecule has 2 aromatic rings. The van der Waals surface area contributed by atoms with Crippen molar-refractivity contribution in [3.63, 3.8) is 0 Å². The predicted molar refractivity (Wildman–Crippen MR) is 109 cm³/mol. The first-order valence-corrected chi connectivity index (χ1v) is 9.63. The summed E-state index contributed by atoms with van der Waals surface area (Å²) in [6.07, 6.45) is -0.580. The Morgan fingerprint density at radius 3 is 2.30 bits per heavy atom. The Morgan fingerprint density at radius 1 is 0.933 bits per heavy atom. The second kappa shape index (κ2) is 9.21. The first-order chi connectivity index (χ1) is 14.4. The van der Waals surface area contributed by atoms with Gasteiger partial charge in [-0.1, -0.05) is 30.3 Å². The fourth-order valence-electron chi connectivity index (χ4n) is 3.09. The first-order valence-electron chi connectivity index (χ1n) is 9.63. The number of benzene rings is 2. The van der Waals surface area contributed by atoms with Gasteiger partial charge in [-0.05, 0) is 37.6 Å². The number of imide groups is 1. The molecule has 4 amide bonds. The molecule has 1 aliphatic heterocycles. The monoisotopic (exact) mass is 409 g/mol. The minimum Gasteiger partial charge on any atom is -0.445 e. The van der Waals surface area contributed by atoms with Gasteiger partial charge < -0.3 is 15.4 Å². The molecule has 8 nitrogen and oxygen atoms in total. The van der Waals surface area contributed by atoms with E-state index in [-0.39, 0.29) is 42.8 Å². The second-order valence-corrected chi connectivity index (χ2v) is 7.08. The van der Waals surface area contributed by atoms with Crippen molar-refractivity contribution in [3.8, 4) is 0 Å². The summed E-state index contributed by atoms with van der Waals surface area (Å²) in [4.78, 5) is 49.9. The fraction of sp³-hybridized carbons (Fsp3) is 0.273. The summed E-state index contributed by atoms with van der Waals surface area (Å²) in [5, 5.41) is 5.21. The molecule has 0 saturated carbocycles. The van der Waals surface area contributed by atoms with Crippen molar-refractivity contribution in [2.75, 3.05) is 13.1 Å². The van der Waals surface area contributed by atoms with Crippen molar-refractivity contribution < 1.29 is 23.9 Å². The summed E-state index contributed by atoms with van der Waals surface area (Å²) in [6.45, 7) is 4.04. The molecule has 0 atom stereocenters. The summed E-state index contributed by atoms with van der Waals surface area (Å²) in [5.41, 5.74) is 1.67. The van der Waals surface area contributed by atoms with Crippen LogP contribution in [0.2, 0.25) is 0 Å². The van der Waals surface area contributed by atoms with E-state index in [0.29, 0.717) is 5.56 Å². The van der Waals surface area contributed by atoms with Crippen LogP contribution >= 0.6 is 0 Å². The Kier molecular flexibility index (Phi) is 6.46. The predicted octanol–water partition coefficient (Wildman–Crippen LogP) is 2.35. The van der Waals surface area contributed by atoms with Gasteiger partial charge >= 0.3 is 6.09 Å². The van der Waals surface area contributed by atoms with E-state index in [4.69, 9.17) is 4.74 Å². The van der Waals surface area contributed by atoms with Gasteiger partial charge in [-0.3, -0.25) is 19.3 Å². The Bertz CT molecular complexity index is 972. The average molecular weight is 409 g/mol.